The topological polar surface area (TPSA) is 33.6 Å². The van der Waals surface area contributed by atoms with Crippen molar-refractivity contribution in [3.8, 4) is 5.75 Å². The maximum absolute atomic E-state index is 5.36. The van der Waals surface area contributed by atoms with E-state index in [-0.39, 0.29) is 0 Å². The SMILES string of the molecule is COc1cc(NC2=NC3CCCCC3CS2)c(Br)cc1Br. The summed E-state index contributed by atoms with van der Waals surface area (Å²) in [6.45, 7) is 0. The predicted octanol–water partition coefficient (Wildman–Crippen LogP) is 5.29. The summed E-state index contributed by atoms with van der Waals surface area (Å²) in [5.41, 5.74) is 0.996. The Bertz CT molecular complexity index is 565. The highest BCUT2D eigenvalue weighted by atomic mass is 79.9. The van der Waals surface area contributed by atoms with E-state index in [0.29, 0.717) is 6.04 Å². The van der Waals surface area contributed by atoms with Crippen LogP contribution in [0.5, 0.6) is 5.75 Å². The van der Waals surface area contributed by atoms with Crippen molar-refractivity contribution in [2.75, 3.05) is 18.2 Å². The van der Waals surface area contributed by atoms with E-state index in [4.69, 9.17) is 9.73 Å². The highest BCUT2D eigenvalue weighted by Gasteiger charge is 2.29. The Morgan fingerprint density at radius 1 is 1.24 bits per heavy atom. The smallest absolute Gasteiger partial charge is 0.161 e. The highest BCUT2D eigenvalue weighted by Crippen LogP contribution is 2.37. The molecule has 1 heterocycles. The van der Waals surface area contributed by atoms with Gasteiger partial charge in [0.25, 0.3) is 0 Å². The van der Waals surface area contributed by atoms with Crippen LogP contribution in [0.1, 0.15) is 25.7 Å². The fourth-order valence-electron chi connectivity index (χ4n) is 2.89. The first kappa shape index (κ1) is 15.7. The second kappa shape index (κ2) is 6.92. The van der Waals surface area contributed by atoms with E-state index >= 15 is 0 Å². The minimum atomic E-state index is 0.513. The van der Waals surface area contributed by atoms with Crippen molar-refractivity contribution in [2.45, 2.75) is 31.7 Å². The Morgan fingerprint density at radius 2 is 2.05 bits per heavy atom. The lowest BCUT2D eigenvalue weighted by atomic mass is 9.86. The van der Waals surface area contributed by atoms with Gasteiger partial charge in [-0.3, -0.25) is 4.99 Å². The van der Waals surface area contributed by atoms with Crippen molar-refractivity contribution in [3.05, 3.63) is 21.1 Å². The summed E-state index contributed by atoms with van der Waals surface area (Å²) in [6, 6.07) is 4.50. The van der Waals surface area contributed by atoms with Gasteiger partial charge in [-0.25, -0.2) is 0 Å². The van der Waals surface area contributed by atoms with Gasteiger partial charge < -0.3 is 10.1 Å². The fourth-order valence-corrected chi connectivity index (χ4v) is 5.30. The number of benzene rings is 1. The van der Waals surface area contributed by atoms with Crippen LogP contribution >= 0.6 is 43.6 Å². The number of amidine groups is 1. The molecule has 0 radical (unpaired) electrons. The van der Waals surface area contributed by atoms with Gasteiger partial charge in [0.15, 0.2) is 5.17 Å². The maximum Gasteiger partial charge on any atom is 0.161 e. The Balaban J connectivity index is 1.79. The van der Waals surface area contributed by atoms with Crippen molar-refractivity contribution < 1.29 is 4.74 Å². The lowest BCUT2D eigenvalue weighted by Gasteiger charge is -2.32. The number of thioether (sulfide) groups is 1. The van der Waals surface area contributed by atoms with Gasteiger partial charge in [0, 0.05) is 16.3 Å². The molecule has 1 N–H and O–H groups in total. The number of fused-ring (bicyclic) bond motifs is 1. The Morgan fingerprint density at radius 3 is 2.86 bits per heavy atom. The van der Waals surface area contributed by atoms with Crippen molar-refractivity contribution in [1.82, 2.24) is 0 Å². The van der Waals surface area contributed by atoms with Crippen molar-refractivity contribution >= 4 is 54.5 Å². The number of ether oxygens (including phenoxy) is 1. The molecule has 0 amide bonds. The molecule has 1 aromatic rings. The molecule has 1 fully saturated rings. The first-order chi connectivity index (χ1) is 10.2. The molecule has 1 aliphatic carbocycles. The Kier molecular flexibility index (Phi) is 5.17. The highest BCUT2D eigenvalue weighted by molar-refractivity contribution is 9.11. The quantitative estimate of drug-likeness (QED) is 0.687. The summed E-state index contributed by atoms with van der Waals surface area (Å²) in [5, 5.41) is 4.48. The van der Waals surface area contributed by atoms with Crippen molar-refractivity contribution in [2.24, 2.45) is 10.9 Å². The van der Waals surface area contributed by atoms with Gasteiger partial charge in [-0.15, -0.1) is 0 Å². The molecule has 2 aliphatic rings. The van der Waals surface area contributed by atoms with Crippen LogP contribution in [0.3, 0.4) is 0 Å². The van der Waals surface area contributed by atoms with Crippen LogP contribution in [0.2, 0.25) is 0 Å². The number of nitrogens with zero attached hydrogens (tertiary/aromatic N) is 1. The van der Waals surface area contributed by atoms with E-state index in [2.05, 4.69) is 37.2 Å². The predicted molar refractivity (Wildman–Crippen MR) is 97.7 cm³/mol. The minimum Gasteiger partial charge on any atom is -0.495 e. The molecule has 3 nitrogen and oxygen atoms in total. The van der Waals surface area contributed by atoms with Gasteiger partial charge in [0.1, 0.15) is 5.75 Å². The van der Waals surface area contributed by atoms with E-state index in [1.165, 1.54) is 31.4 Å². The van der Waals surface area contributed by atoms with Gasteiger partial charge in [-0.1, -0.05) is 24.6 Å². The van der Waals surface area contributed by atoms with Gasteiger partial charge in [-0.05, 0) is 56.7 Å². The van der Waals surface area contributed by atoms with Gasteiger partial charge >= 0.3 is 0 Å². The number of aliphatic imine (C=N–C) groups is 1. The van der Waals surface area contributed by atoms with Crippen LogP contribution in [-0.4, -0.2) is 24.1 Å². The third-order valence-electron chi connectivity index (χ3n) is 4.07. The first-order valence-electron chi connectivity index (χ1n) is 7.18. The van der Waals surface area contributed by atoms with Crippen LogP contribution in [0, 0.1) is 5.92 Å². The molecule has 1 aliphatic heterocycles. The number of methoxy groups -OCH3 is 1. The normalized spacial score (nSPS) is 25.0. The maximum atomic E-state index is 5.36. The number of nitrogens with one attached hydrogen (secondary N) is 1. The molecular formula is C15H18Br2N2OS. The zero-order valence-corrected chi connectivity index (χ0v) is 15.9. The van der Waals surface area contributed by atoms with Crippen LogP contribution in [0.4, 0.5) is 5.69 Å². The van der Waals surface area contributed by atoms with E-state index in [1.807, 2.05) is 23.9 Å². The Labute approximate surface area is 146 Å². The summed E-state index contributed by atoms with van der Waals surface area (Å²) in [5.74, 6) is 2.77. The van der Waals surface area contributed by atoms with Crippen LogP contribution in [0.25, 0.3) is 0 Å². The summed E-state index contributed by atoms with van der Waals surface area (Å²) < 4.78 is 7.30. The first-order valence-corrected chi connectivity index (χ1v) is 9.75. The lowest BCUT2D eigenvalue weighted by molar-refractivity contribution is 0.336. The van der Waals surface area contributed by atoms with E-state index in [0.717, 1.165) is 31.5 Å². The molecule has 1 saturated carbocycles. The van der Waals surface area contributed by atoms with E-state index in [9.17, 15) is 0 Å². The molecule has 0 spiro atoms. The van der Waals surface area contributed by atoms with Crippen LogP contribution in [-0.2, 0) is 0 Å². The Hall–Kier alpha value is -0.200. The summed E-state index contributed by atoms with van der Waals surface area (Å²) in [7, 11) is 1.68. The molecule has 0 bridgehead atoms. The van der Waals surface area contributed by atoms with E-state index in [1.54, 1.807) is 7.11 Å². The standard InChI is InChI=1S/C15H18Br2N2OS/c1-20-14-7-13(10(16)6-11(14)17)19-15-18-12-5-3-2-4-9(12)8-21-15/h6-7,9,12H,2-5,8H2,1H3,(H,18,19). The largest absolute Gasteiger partial charge is 0.495 e. The molecule has 3 rings (SSSR count). The minimum absolute atomic E-state index is 0.513. The number of halogens is 2. The summed E-state index contributed by atoms with van der Waals surface area (Å²) >= 11 is 8.92. The van der Waals surface area contributed by atoms with Gasteiger partial charge in [0.05, 0.1) is 23.3 Å². The van der Waals surface area contributed by atoms with Crippen LogP contribution in [0.15, 0.2) is 26.1 Å². The van der Waals surface area contributed by atoms with Gasteiger partial charge in [-0.2, -0.15) is 0 Å². The molecule has 0 aromatic heterocycles. The molecule has 0 saturated heterocycles. The third-order valence-corrected chi connectivity index (χ3v) is 6.42. The molecule has 114 valence electrons. The average Bonchev–Trinajstić information content (AvgIpc) is 2.50. The van der Waals surface area contributed by atoms with Crippen molar-refractivity contribution in [1.29, 1.82) is 0 Å². The molecular weight excluding hydrogens is 416 g/mol. The molecule has 2 unspecified atom stereocenters. The lowest BCUT2D eigenvalue weighted by Crippen LogP contribution is -2.31. The zero-order valence-electron chi connectivity index (χ0n) is 11.9. The second-order valence-corrected chi connectivity index (χ2v) is 8.17. The zero-order chi connectivity index (χ0) is 14.8. The third kappa shape index (κ3) is 3.59. The molecule has 2 atom stereocenters. The van der Waals surface area contributed by atoms with Crippen molar-refractivity contribution in [3.63, 3.8) is 0 Å². The summed E-state index contributed by atoms with van der Waals surface area (Å²) in [4.78, 5) is 4.91. The second-order valence-electron chi connectivity index (χ2n) is 5.45. The number of hydrogen-bond acceptors (Lipinski definition) is 4. The fraction of sp³-hybridized carbons (Fsp3) is 0.533. The number of hydrogen-bond donors (Lipinski definition) is 1. The summed E-state index contributed by atoms with van der Waals surface area (Å²) in [6.07, 6.45) is 5.26. The van der Waals surface area contributed by atoms with Crippen LogP contribution < -0.4 is 10.1 Å². The number of anilines is 1. The van der Waals surface area contributed by atoms with E-state index < -0.39 is 0 Å². The number of rotatable bonds is 2. The molecule has 6 heteroatoms. The monoisotopic (exact) mass is 432 g/mol. The van der Waals surface area contributed by atoms with Gasteiger partial charge in [0.2, 0.25) is 0 Å². The molecule has 21 heavy (non-hydrogen) atoms. The average molecular weight is 434 g/mol. The molecule has 1 aromatic carbocycles.